The molecule has 2 aromatic rings. The van der Waals surface area contributed by atoms with Crippen LogP contribution in [-0.2, 0) is 11.2 Å². The summed E-state index contributed by atoms with van der Waals surface area (Å²) in [4.78, 5) is 13.0. The van der Waals surface area contributed by atoms with E-state index in [1.807, 2.05) is 54.6 Å². The van der Waals surface area contributed by atoms with E-state index in [1.165, 1.54) is 0 Å². The average Bonchev–Trinajstić information content (AvgIpc) is 2.39. The molecule has 0 atom stereocenters. The predicted octanol–water partition coefficient (Wildman–Crippen LogP) is 4.35. The van der Waals surface area contributed by atoms with Crippen LogP contribution in [0.3, 0.4) is 0 Å². The zero-order chi connectivity index (χ0) is 12.8. The maximum Gasteiger partial charge on any atom is 0.147 e. The zero-order valence-electron chi connectivity index (χ0n) is 9.80. The summed E-state index contributed by atoms with van der Waals surface area (Å²) >= 11 is 5.06. The summed E-state index contributed by atoms with van der Waals surface area (Å²) in [6.45, 7) is 0. The summed E-state index contributed by atoms with van der Waals surface area (Å²) in [6.07, 6.45) is 0.512. The topological polar surface area (TPSA) is 17.1 Å². The van der Waals surface area contributed by atoms with Crippen LogP contribution in [0.25, 0.3) is 0 Å². The van der Waals surface area contributed by atoms with Gasteiger partial charge in [-0.15, -0.1) is 11.8 Å². The van der Waals surface area contributed by atoms with Crippen LogP contribution < -0.4 is 0 Å². The fourth-order valence-electron chi connectivity index (χ4n) is 1.59. The van der Waals surface area contributed by atoms with Gasteiger partial charge in [0.25, 0.3) is 0 Å². The van der Waals surface area contributed by atoms with Crippen molar-refractivity contribution in [2.75, 3.05) is 5.75 Å². The smallest absolute Gasteiger partial charge is 0.147 e. The molecule has 0 unspecified atom stereocenters. The third-order valence-corrected chi connectivity index (χ3v) is 4.56. The molecule has 0 aromatic heterocycles. The molecule has 0 aliphatic carbocycles. The Morgan fingerprint density at radius 3 is 2.39 bits per heavy atom. The van der Waals surface area contributed by atoms with Gasteiger partial charge < -0.3 is 0 Å². The Labute approximate surface area is 120 Å². The normalized spacial score (nSPS) is 10.3. The van der Waals surface area contributed by atoms with E-state index in [-0.39, 0.29) is 5.78 Å². The first-order valence-electron chi connectivity index (χ1n) is 5.68. The number of benzene rings is 2. The summed E-state index contributed by atoms with van der Waals surface area (Å²) in [7, 11) is 0. The van der Waals surface area contributed by atoms with Crippen LogP contribution in [0, 0.1) is 0 Å². The van der Waals surface area contributed by atoms with Crippen molar-refractivity contribution in [3.05, 3.63) is 64.6 Å². The lowest BCUT2D eigenvalue weighted by Gasteiger charge is -2.03. The zero-order valence-corrected chi connectivity index (χ0v) is 12.2. The maximum absolute atomic E-state index is 11.9. The Morgan fingerprint density at radius 2 is 1.67 bits per heavy atom. The molecule has 0 N–H and O–H groups in total. The number of carbonyl (C=O) groups is 1. The minimum Gasteiger partial charge on any atom is -0.298 e. The molecule has 0 spiro atoms. The van der Waals surface area contributed by atoms with Crippen molar-refractivity contribution in [2.45, 2.75) is 11.3 Å². The molecule has 0 fully saturated rings. The molecule has 0 heterocycles. The molecule has 1 nitrogen and oxygen atoms in total. The maximum atomic E-state index is 11.9. The van der Waals surface area contributed by atoms with Crippen molar-refractivity contribution in [2.24, 2.45) is 0 Å². The number of carbonyl (C=O) groups excluding carboxylic acids is 1. The monoisotopic (exact) mass is 320 g/mol. The van der Waals surface area contributed by atoms with Gasteiger partial charge in [0.1, 0.15) is 5.78 Å². The van der Waals surface area contributed by atoms with E-state index in [2.05, 4.69) is 15.9 Å². The lowest BCUT2D eigenvalue weighted by Crippen LogP contribution is -2.05. The van der Waals surface area contributed by atoms with E-state index in [9.17, 15) is 4.79 Å². The standard InChI is InChI=1S/C15H13BrOS/c16-14-8-4-5-9-15(14)18-11-13(17)10-12-6-2-1-3-7-12/h1-9H,10-11H2. The van der Waals surface area contributed by atoms with Crippen LogP contribution in [0.2, 0.25) is 0 Å². The van der Waals surface area contributed by atoms with Crippen molar-refractivity contribution in [3.63, 3.8) is 0 Å². The van der Waals surface area contributed by atoms with Crippen LogP contribution >= 0.6 is 27.7 Å². The first-order chi connectivity index (χ1) is 8.75. The molecule has 0 aliphatic heterocycles. The Hall–Kier alpha value is -1.06. The van der Waals surface area contributed by atoms with E-state index in [0.717, 1.165) is 14.9 Å². The Balaban J connectivity index is 1.88. The molecule has 0 amide bonds. The molecule has 3 heteroatoms. The van der Waals surface area contributed by atoms with E-state index in [0.29, 0.717) is 12.2 Å². The molecule has 2 aromatic carbocycles. The van der Waals surface area contributed by atoms with Gasteiger partial charge in [0.2, 0.25) is 0 Å². The van der Waals surface area contributed by atoms with E-state index < -0.39 is 0 Å². The second-order valence-corrected chi connectivity index (χ2v) is 5.79. The Kier molecular flexibility index (Phi) is 5.02. The van der Waals surface area contributed by atoms with Crippen LogP contribution in [0.15, 0.2) is 64.0 Å². The van der Waals surface area contributed by atoms with Crippen molar-refractivity contribution in [1.82, 2.24) is 0 Å². The summed E-state index contributed by atoms with van der Waals surface area (Å²) < 4.78 is 1.04. The van der Waals surface area contributed by atoms with Gasteiger partial charge in [-0.25, -0.2) is 0 Å². The highest BCUT2D eigenvalue weighted by Gasteiger charge is 2.06. The molecule has 0 saturated heterocycles. The number of Topliss-reactive ketones (excluding diaryl/α,β-unsaturated/α-hetero) is 1. The van der Waals surface area contributed by atoms with Crippen molar-refractivity contribution < 1.29 is 4.79 Å². The largest absolute Gasteiger partial charge is 0.298 e. The van der Waals surface area contributed by atoms with Gasteiger partial charge in [0, 0.05) is 15.8 Å². The Bertz CT molecular complexity index is 525. The number of ketones is 1. The lowest BCUT2D eigenvalue weighted by atomic mass is 10.1. The van der Waals surface area contributed by atoms with E-state index in [4.69, 9.17) is 0 Å². The highest BCUT2D eigenvalue weighted by atomic mass is 79.9. The first-order valence-corrected chi connectivity index (χ1v) is 7.46. The minimum absolute atomic E-state index is 0.252. The average molecular weight is 321 g/mol. The lowest BCUT2D eigenvalue weighted by molar-refractivity contribution is -0.116. The van der Waals surface area contributed by atoms with Crippen molar-refractivity contribution in [3.8, 4) is 0 Å². The molecule has 0 radical (unpaired) electrons. The molecular weight excluding hydrogens is 308 g/mol. The highest BCUT2D eigenvalue weighted by molar-refractivity contribution is 9.10. The fourth-order valence-corrected chi connectivity index (χ4v) is 3.02. The van der Waals surface area contributed by atoms with Crippen molar-refractivity contribution in [1.29, 1.82) is 0 Å². The quantitative estimate of drug-likeness (QED) is 0.762. The summed E-state index contributed by atoms with van der Waals surface area (Å²) in [5.74, 6) is 0.763. The molecular formula is C15H13BrOS. The van der Waals surface area contributed by atoms with Gasteiger partial charge in [-0.3, -0.25) is 4.79 Å². The summed E-state index contributed by atoms with van der Waals surface area (Å²) in [5.41, 5.74) is 1.08. The van der Waals surface area contributed by atoms with Crippen LogP contribution in [-0.4, -0.2) is 11.5 Å². The SMILES string of the molecule is O=C(CSc1ccccc1Br)Cc1ccccc1. The van der Waals surface area contributed by atoms with Gasteiger partial charge in [-0.2, -0.15) is 0 Å². The van der Waals surface area contributed by atoms with Gasteiger partial charge in [-0.1, -0.05) is 42.5 Å². The Morgan fingerprint density at radius 1 is 1.00 bits per heavy atom. The second kappa shape index (κ2) is 6.76. The molecule has 92 valence electrons. The van der Waals surface area contributed by atoms with Gasteiger partial charge in [-0.05, 0) is 33.6 Å². The second-order valence-electron chi connectivity index (χ2n) is 3.92. The molecule has 0 bridgehead atoms. The number of hydrogen-bond donors (Lipinski definition) is 0. The predicted molar refractivity (Wildman–Crippen MR) is 80.0 cm³/mol. The third-order valence-electron chi connectivity index (χ3n) is 2.47. The molecule has 2 rings (SSSR count). The third kappa shape index (κ3) is 4.00. The summed E-state index contributed by atoms with van der Waals surface area (Å²) in [5, 5.41) is 0. The van der Waals surface area contributed by atoms with Crippen molar-refractivity contribution >= 4 is 33.5 Å². The number of hydrogen-bond acceptors (Lipinski definition) is 2. The number of rotatable bonds is 5. The van der Waals surface area contributed by atoms with Crippen LogP contribution in [0.4, 0.5) is 0 Å². The van der Waals surface area contributed by atoms with Crippen LogP contribution in [0.5, 0.6) is 0 Å². The summed E-state index contributed by atoms with van der Waals surface area (Å²) in [6, 6.07) is 17.8. The van der Waals surface area contributed by atoms with Crippen LogP contribution in [0.1, 0.15) is 5.56 Å². The van der Waals surface area contributed by atoms with E-state index >= 15 is 0 Å². The van der Waals surface area contributed by atoms with Gasteiger partial charge >= 0.3 is 0 Å². The first kappa shape index (κ1) is 13.4. The highest BCUT2D eigenvalue weighted by Crippen LogP contribution is 2.27. The minimum atomic E-state index is 0.252. The number of thioether (sulfide) groups is 1. The molecule has 0 saturated carbocycles. The number of halogens is 1. The molecule has 18 heavy (non-hydrogen) atoms. The fraction of sp³-hybridized carbons (Fsp3) is 0.133. The van der Waals surface area contributed by atoms with Gasteiger partial charge in [0.15, 0.2) is 0 Å². The van der Waals surface area contributed by atoms with Gasteiger partial charge in [0.05, 0.1) is 5.75 Å². The molecule has 0 aliphatic rings. The van der Waals surface area contributed by atoms with E-state index in [1.54, 1.807) is 11.8 Å².